The van der Waals surface area contributed by atoms with Gasteiger partial charge in [-0.2, -0.15) is 0 Å². The summed E-state index contributed by atoms with van der Waals surface area (Å²) in [6.45, 7) is -0.0679. The Morgan fingerprint density at radius 1 is 1.22 bits per heavy atom. The van der Waals surface area contributed by atoms with Crippen LogP contribution in [0.1, 0.15) is 55.2 Å². The molecule has 1 saturated carbocycles. The van der Waals surface area contributed by atoms with Gasteiger partial charge < -0.3 is 10.4 Å². The van der Waals surface area contributed by atoms with E-state index in [0.717, 1.165) is 5.56 Å². The van der Waals surface area contributed by atoms with Gasteiger partial charge in [-0.15, -0.1) is 0 Å². The van der Waals surface area contributed by atoms with E-state index in [-0.39, 0.29) is 12.6 Å². The maximum atomic E-state index is 10.4. The van der Waals surface area contributed by atoms with E-state index in [0.29, 0.717) is 12.3 Å². The first-order chi connectivity index (χ1) is 8.85. The molecule has 0 aliphatic heterocycles. The maximum Gasteiger partial charge on any atom is 0.207 e. The van der Waals surface area contributed by atoms with E-state index >= 15 is 0 Å². The molecule has 0 radical (unpaired) electrons. The van der Waals surface area contributed by atoms with Crippen molar-refractivity contribution in [3.63, 3.8) is 0 Å². The topological polar surface area (TPSA) is 49.3 Å². The summed E-state index contributed by atoms with van der Waals surface area (Å²) in [5.41, 5.74) is 2.35. The molecular weight excluding hydrogens is 226 g/mol. The largest absolute Gasteiger partial charge is 0.394 e. The van der Waals surface area contributed by atoms with Crippen LogP contribution in [0.3, 0.4) is 0 Å². The van der Waals surface area contributed by atoms with E-state index in [1.165, 1.54) is 37.7 Å². The molecule has 1 fully saturated rings. The number of carbonyl (C=O) groups excluding carboxylic acids is 1. The highest BCUT2D eigenvalue weighted by atomic mass is 16.3. The fourth-order valence-electron chi connectivity index (χ4n) is 2.77. The number of hydrogen-bond acceptors (Lipinski definition) is 2. The highest BCUT2D eigenvalue weighted by molar-refractivity contribution is 5.48. The van der Waals surface area contributed by atoms with Crippen molar-refractivity contribution in [2.75, 3.05) is 6.61 Å². The second-order valence-corrected chi connectivity index (χ2v) is 5.02. The summed E-state index contributed by atoms with van der Waals surface area (Å²) in [6.07, 6.45) is 7.24. The quantitative estimate of drug-likeness (QED) is 0.785. The summed E-state index contributed by atoms with van der Waals surface area (Å²) < 4.78 is 0. The average Bonchev–Trinajstić information content (AvgIpc) is 2.46. The fraction of sp³-hybridized carbons (Fsp3) is 0.533. The van der Waals surface area contributed by atoms with Crippen LogP contribution in [-0.2, 0) is 4.79 Å². The minimum Gasteiger partial charge on any atom is -0.394 e. The van der Waals surface area contributed by atoms with Crippen molar-refractivity contribution in [3.05, 3.63) is 35.4 Å². The highest BCUT2D eigenvalue weighted by Gasteiger charge is 2.16. The zero-order valence-corrected chi connectivity index (χ0v) is 10.6. The van der Waals surface area contributed by atoms with Crippen LogP contribution in [0.5, 0.6) is 0 Å². The maximum absolute atomic E-state index is 10.4. The Hall–Kier alpha value is -1.35. The van der Waals surface area contributed by atoms with Crippen LogP contribution in [0.2, 0.25) is 0 Å². The number of hydrogen-bond donors (Lipinski definition) is 2. The zero-order valence-electron chi connectivity index (χ0n) is 10.6. The highest BCUT2D eigenvalue weighted by Crippen LogP contribution is 2.32. The minimum absolute atomic E-state index is 0.0679. The molecule has 2 N–H and O–H groups in total. The van der Waals surface area contributed by atoms with Crippen LogP contribution < -0.4 is 5.32 Å². The summed E-state index contributed by atoms with van der Waals surface area (Å²) >= 11 is 0. The molecule has 0 heterocycles. The molecule has 2 rings (SSSR count). The second kappa shape index (κ2) is 6.55. The van der Waals surface area contributed by atoms with Crippen molar-refractivity contribution in [2.45, 2.75) is 44.1 Å². The normalized spacial score (nSPS) is 18.3. The summed E-state index contributed by atoms with van der Waals surface area (Å²) in [4.78, 5) is 10.4. The van der Waals surface area contributed by atoms with Crippen molar-refractivity contribution >= 4 is 6.41 Å². The van der Waals surface area contributed by atoms with Gasteiger partial charge >= 0.3 is 0 Å². The zero-order chi connectivity index (χ0) is 12.8. The molecule has 1 amide bonds. The third kappa shape index (κ3) is 3.10. The molecule has 1 aliphatic rings. The molecule has 1 aliphatic carbocycles. The first kappa shape index (κ1) is 13.1. The van der Waals surface area contributed by atoms with Crippen molar-refractivity contribution < 1.29 is 9.90 Å². The van der Waals surface area contributed by atoms with Crippen LogP contribution in [0.4, 0.5) is 0 Å². The predicted molar refractivity (Wildman–Crippen MR) is 71.3 cm³/mol. The predicted octanol–water partition coefficient (Wildman–Crippen LogP) is 2.51. The molecule has 0 bridgehead atoms. The van der Waals surface area contributed by atoms with Gasteiger partial charge in [-0.1, -0.05) is 43.5 Å². The minimum atomic E-state index is -0.289. The average molecular weight is 247 g/mol. The van der Waals surface area contributed by atoms with E-state index in [4.69, 9.17) is 0 Å². The first-order valence-electron chi connectivity index (χ1n) is 6.75. The van der Waals surface area contributed by atoms with Crippen LogP contribution in [0, 0.1) is 0 Å². The number of rotatable bonds is 5. The lowest BCUT2D eigenvalue weighted by Gasteiger charge is -2.22. The molecule has 1 unspecified atom stereocenters. The van der Waals surface area contributed by atoms with E-state index in [2.05, 4.69) is 17.4 Å². The monoisotopic (exact) mass is 247 g/mol. The van der Waals surface area contributed by atoms with Crippen LogP contribution >= 0.6 is 0 Å². The van der Waals surface area contributed by atoms with Crippen LogP contribution in [0.25, 0.3) is 0 Å². The van der Waals surface area contributed by atoms with Gasteiger partial charge in [0, 0.05) is 0 Å². The molecular formula is C15H21NO2. The Morgan fingerprint density at radius 3 is 2.44 bits per heavy atom. The Balaban J connectivity index is 2.06. The SMILES string of the molecule is O=CNC(CO)c1ccc(C2CCCCC2)cc1. The molecule has 3 nitrogen and oxygen atoms in total. The molecule has 0 spiro atoms. The number of benzene rings is 1. The van der Waals surface area contributed by atoms with Gasteiger partial charge in [-0.3, -0.25) is 4.79 Å². The van der Waals surface area contributed by atoms with Crippen LogP contribution in [0.15, 0.2) is 24.3 Å². The number of aliphatic hydroxyl groups excluding tert-OH is 1. The summed E-state index contributed by atoms with van der Waals surface area (Å²) in [6, 6.07) is 8.02. The van der Waals surface area contributed by atoms with Crippen LogP contribution in [-0.4, -0.2) is 18.1 Å². The third-order valence-electron chi connectivity index (χ3n) is 3.87. The number of carbonyl (C=O) groups is 1. The molecule has 1 aromatic rings. The number of amides is 1. The van der Waals surface area contributed by atoms with E-state index < -0.39 is 0 Å². The lowest BCUT2D eigenvalue weighted by Crippen LogP contribution is -2.22. The van der Waals surface area contributed by atoms with Crippen molar-refractivity contribution in [1.29, 1.82) is 0 Å². The Labute approximate surface area is 108 Å². The molecule has 1 aromatic carbocycles. The standard InChI is InChI=1S/C15H21NO2/c17-10-15(16-11-18)14-8-6-13(7-9-14)12-4-2-1-3-5-12/h6-9,11-12,15,17H,1-5,10H2,(H,16,18). The van der Waals surface area contributed by atoms with Crippen molar-refractivity contribution in [1.82, 2.24) is 5.32 Å². The van der Waals surface area contributed by atoms with Gasteiger partial charge in [-0.05, 0) is 29.9 Å². The summed E-state index contributed by atoms with van der Waals surface area (Å²) in [5, 5.41) is 11.8. The Morgan fingerprint density at radius 2 is 1.89 bits per heavy atom. The first-order valence-corrected chi connectivity index (χ1v) is 6.75. The second-order valence-electron chi connectivity index (χ2n) is 5.02. The smallest absolute Gasteiger partial charge is 0.207 e. The Bertz CT molecular complexity index is 369. The molecule has 98 valence electrons. The van der Waals surface area contributed by atoms with Gasteiger partial charge in [0.05, 0.1) is 12.6 Å². The lowest BCUT2D eigenvalue weighted by molar-refractivity contribution is -0.110. The molecule has 0 saturated heterocycles. The van der Waals surface area contributed by atoms with Gasteiger partial charge in [0.1, 0.15) is 0 Å². The van der Waals surface area contributed by atoms with Gasteiger partial charge in [0.15, 0.2) is 0 Å². The summed E-state index contributed by atoms with van der Waals surface area (Å²) in [5.74, 6) is 0.694. The van der Waals surface area contributed by atoms with Crippen molar-refractivity contribution in [3.8, 4) is 0 Å². The van der Waals surface area contributed by atoms with Gasteiger partial charge in [-0.25, -0.2) is 0 Å². The lowest BCUT2D eigenvalue weighted by atomic mass is 9.84. The third-order valence-corrected chi connectivity index (χ3v) is 3.87. The Kier molecular flexibility index (Phi) is 4.76. The molecule has 18 heavy (non-hydrogen) atoms. The number of nitrogens with one attached hydrogen (secondary N) is 1. The molecule has 3 heteroatoms. The van der Waals surface area contributed by atoms with E-state index in [9.17, 15) is 9.90 Å². The van der Waals surface area contributed by atoms with Gasteiger partial charge in [0.25, 0.3) is 0 Å². The fourth-order valence-corrected chi connectivity index (χ4v) is 2.77. The number of aliphatic hydroxyl groups is 1. The summed E-state index contributed by atoms with van der Waals surface area (Å²) in [7, 11) is 0. The van der Waals surface area contributed by atoms with Gasteiger partial charge in [0.2, 0.25) is 6.41 Å². The van der Waals surface area contributed by atoms with E-state index in [1.54, 1.807) is 0 Å². The molecule has 0 aromatic heterocycles. The van der Waals surface area contributed by atoms with Crippen molar-refractivity contribution in [2.24, 2.45) is 0 Å². The van der Waals surface area contributed by atoms with E-state index in [1.807, 2.05) is 12.1 Å². The molecule has 1 atom stereocenters.